The van der Waals surface area contributed by atoms with E-state index in [0.717, 1.165) is 19.3 Å². The summed E-state index contributed by atoms with van der Waals surface area (Å²) < 4.78 is 38.7. The highest BCUT2D eigenvalue weighted by Gasteiger charge is 2.55. The molecule has 0 amide bonds. The summed E-state index contributed by atoms with van der Waals surface area (Å²) in [6.07, 6.45) is 5.39. The van der Waals surface area contributed by atoms with Crippen LogP contribution in [0, 0.1) is 23.2 Å². The van der Waals surface area contributed by atoms with Crippen molar-refractivity contribution in [2.75, 3.05) is 13.1 Å². The fraction of sp³-hybridized carbons (Fsp3) is 0.692. The second-order valence-corrected chi connectivity index (χ2v) is 13.2. The number of ketones is 1. The number of Topliss-reactive ketones (excluding diaryl/α,β-unsaturated/α-hetero) is 1. The van der Waals surface area contributed by atoms with Crippen LogP contribution in [0.15, 0.2) is 29.2 Å². The van der Waals surface area contributed by atoms with Gasteiger partial charge in [-0.3, -0.25) is 4.79 Å². The average molecular weight is 490 g/mol. The Morgan fingerprint density at radius 1 is 0.971 bits per heavy atom. The van der Waals surface area contributed by atoms with Crippen LogP contribution < -0.4 is 0 Å². The summed E-state index contributed by atoms with van der Waals surface area (Å²) in [7, 11) is -3.69. The number of sulfonamides is 1. The van der Waals surface area contributed by atoms with Crippen LogP contribution in [0.5, 0.6) is 0 Å². The zero-order chi connectivity index (χ0) is 24.3. The Hall–Kier alpha value is -1.77. The summed E-state index contributed by atoms with van der Waals surface area (Å²) in [6, 6.07) is 5.79. The molecule has 1 aromatic carbocycles. The van der Waals surface area contributed by atoms with Gasteiger partial charge in [-0.2, -0.15) is 4.31 Å². The molecule has 5 fully saturated rings. The van der Waals surface area contributed by atoms with E-state index in [-0.39, 0.29) is 33.9 Å². The highest BCUT2D eigenvalue weighted by Crippen LogP contribution is 2.60. The number of nitrogens with zero attached hydrogens (tertiary/aromatic N) is 1. The fourth-order valence-corrected chi connectivity index (χ4v) is 8.96. The minimum absolute atomic E-state index is 0.0645. The quantitative estimate of drug-likeness (QED) is 0.565. The van der Waals surface area contributed by atoms with Crippen molar-refractivity contribution >= 4 is 21.8 Å². The van der Waals surface area contributed by atoms with Crippen LogP contribution in [-0.4, -0.2) is 55.9 Å². The van der Waals surface area contributed by atoms with Gasteiger partial charge in [0.1, 0.15) is 0 Å². The average Bonchev–Trinajstić information content (AvgIpc) is 2.77. The first-order valence-electron chi connectivity index (χ1n) is 12.6. The van der Waals surface area contributed by atoms with Crippen LogP contribution in [0.25, 0.3) is 0 Å². The maximum atomic E-state index is 13.4. The molecule has 6 rings (SSSR count). The zero-order valence-electron chi connectivity index (χ0n) is 20.2. The first kappa shape index (κ1) is 23.9. The summed E-state index contributed by atoms with van der Waals surface area (Å²) in [6.45, 7) is 5.96. The molecule has 3 unspecified atom stereocenters. The van der Waals surface area contributed by atoms with Crippen molar-refractivity contribution in [2.45, 2.75) is 82.5 Å². The Kier molecular flexibility index (Phi) is 6.14. The van der Waals surface area contributed by atoms with Crippen LogP contribution in [0.4, 0.5) is 0 Å². The van der Waals surface area contributed by atoms with E-state index in [1.165, 1.54) is 47.8 Å². The van der Waals surface area contributed by atoms with Crippen molar-refractivity contribution in [3.05, 3.63) is 29.8 Å². The van der Waals surface area contributed by atoms with Crippen molar-refractivity contribution in [2.24, 2.45) is 23.2 Å². The summed E-state index contributed by atoms with van der Waals surface area (Å²) in [5.74, 6) is 1.40. The minimum Gasteiger partial charge on any atom is -0.451 e. The Morgan fingerprint density at radius 2 is 1.47 bits per heavy atom. The minimum atomic E-state index is -3.69. The van der Waals surface area contributed by atoms with Crippen LogP contribution >= 0.6 is 0 Å². The van der Waals surface area contributed by atoms with Crippen molar-refractivity contribution in [1.82, 2.24) is 4.31 Å². The number of ether oxygens (including phenoxy) is 2. The molecule has 0 aromatic heterocycles. The second-order valence-electron chi connectivity index (χ2n) is 11.2. The third-order valence-corrected chi connectivity index (χ3v) is 10.2. The van der Waals surface area contributed by atoms with Gasteiger partial charge in [-0.1, -0.05) is 0 Å². The maximum absolute atomic E-state index is 13.4. The molecule has 8 heteroatoms. The lowest BCUT2D eigenvalue weighted by Crippen LogP contribution is -2.52. The van der Waals surface area contributed by atoms with Crippen molar-refractivity contribution in [1.29, 1.82) is 0 Å². The molecule has 1 heterocycles. The number of carbonyl (C=O) groups excluding carboxylic acids is 2. The molecule has 5 aliphatic rings. The van der Waals surface area contributed by atoms with E-state index in [1.54, 1.807) is 6.92 Å². The molecule has 0 radical (unpaired) electrons. The topological polar surface area (TPSA) is 90.0 Å². The van der Waals surface area contributed by atoms with Gasteiger partial charge in [-0.15, -0.1) is 0 Å². The standard InChI is InChI=1S/C26H35NO6S/c1-16-14-27(15-17(2)32-16)34(30,31)23-6-4-22(5-7-23)25(29)33-18(3)24(28)26-11-19-8-20(12-26)10-21(9-19)13-26/h4-7,16-21H,8-15H2,1-3H3. The second kappa shape index (κ2) is 8.71. The Morgan fingerprint density at radius 3 is 1.97 bits per heavy atom. The van der Waals surface area contributed by atoms with E-state index in [0.29, 0.717) is 30.8 Å². The molecule has 4 bridgehead atoms. The lowest BCUT2D eigenvalue weighted by molar-refractivity contribution is -0.152. The Labute approximate surface area is 202 Å². The third-order valence-electron chi connectivity index (χ3n) is 8.33. The number of esters is 1. The predicted octanol–water partition coefficient (Wildman–Crippen LogP) is 3.82. The van der Waals surface area contributed by atoms with Crippen LogP contribution in [-0.2, 0) is 24.3 Å². The molecule has 1 saturated heterocycles. The molecule has 4 aliphatic carbocycles. The largest absolute Gasteiger partial charge is 0.451 e. The van der Waals surface area contributed by atoms with E-state index >= 15 is 0 Å². The zero-order valence-corrected chi connectivity index (χ0v) is 21.1. The van der Waals surface area contributed by atoms with Gasteiger partial charge in [0, 0.05) is 18.5 Å². The van der Waals surface area contributed by atoms with Gasteiger partial charge in [0.05, 0.1) is 22.7 Å². The highest BCUT2D eigenvalue weighted by atomic mass is 32.2. The summed E-state index contributed by atoms with van der Waals surface area (Å²) >= 11 is 0. The van der Waals surface area contributed by atoms with Crippen molar-refractivity contribution in [3.63, 3.8) is 0 Å². The van der Waals surface area contributed by atoms with Crippen LogP contribution in [0.2, 0.25) is 0 Å². The Bertz CT molecular complexity index is 1020. The number of hydrogen-bond acceptors (Lipinski definition) is 6. The maximum Gasteiger partial charge on any atom is 0.338 e. The molecule has 4 saturated carbocycles. The van der Waals surface area contributed by atoms with Gasteiger partial charge in [0.15, 0.2) is 11.9 Å². The van der Waals surface area contributed by atoms with Crippen molar-refractivity contribution in [3.8, 4) is 0 Å². The number of morpholine rings is 1. The van der Waals surface area contributed by atoms with Gasteiger partial charge >= 0.3 is 5.97 Å². The summed E-state index contributed by atoms with van der Waals surface area (Å²) in [5.41, 5.74) is -0.0773. The van der Waals surface area contributed by atoms with E-state index in [1.807, 2.05) is 13.8 Å². The first-order chi connectivity index (χ1) is 16.1. The molecule has 34 heavy (non-hydrogen) atoms. The molecule has 7 nitrogen and oxygen atoms in total. The molecule has 3 atom stereocenters. The van der Waals surface area contributed by atoms with E-state index in [2.05, 4.69) is 0 Å². The molecule has 1 aliphatic heterocycles. The number of rotatable bonds is 6. The lowest BCUT2D eigenvalue weighted by atomic mass is 9.48. The fourth-order valence-electron chi connectivity index (χ4n) is 7.36. The van der Waals surface area contributed by atoms with Crippen LogP contribution in [0.3, 0.4) is 0 Å². The monoisotopic (exact) mass is 489 g/mol. The molecular formula is C26H35NO6S. The lowest BCUT2D eigenvalue weighted by Gasteiger charge is -2.56. The van der Waals surface area contributed by atoms with Gasteiger partial charge in [-0.25, -0.2) is 13.2 Å². The van der Waals surface area contributed by atoms with Gasteiger partial charge < -0.3 is 9.47 Å². The summed E-state index contributed by atoms with van der Waals surface area (Å²) in [4.78, 5) is 26.3. The van der Waals surface area contributed by atoms with E-state index < -0.39 is 22.1 Å². The smallest absolute Gasteiger partial charge is 0.338 e. The number of carbonyl (C=O) groups is 2. The molecule has 0 N–H and O–H groups in total. The summed E-state index contributed by atoms with van der Waals surface area (Å²) in [5, 5.41) is 0. The van der Waals surface area contributed by atoms with Gasteiger partial charge in [0.25, 0.3) is 0 Å². The number of benzene rings is 1. The molecule has 186 valence electrons. The van der Waals surface area contributed by atoms with E-state index in [9.17, 15) is 18.0 Å². The molecule has 0 spiro atoms. The van der Waals surface area contributed by atoms with E-state index in [4.69, 9.17) is 9.47 Å². The normalized spacial score (nSPS) is 36.3. The molecular weight excluding hydrogens is 454 g/mol. The van der Waals surface area contributed by atoms with Gasteiger partial charge in [-0.05, 0) is 101 Å². The third kappa shape index (κ3) is 4.33. The highest BCUT2D eigenvalue weighted by molar-refractivity contribution is 7.89. The van der Waals surface area contributed by atoms with Gasteiger partial charge in [0.2, 0.25) is 10.0 Å². The number of hydrogen-bond donors (Lipinski definition) is 0. The predicted molar refractivity (Wildman–Crippen MR) is 126 cm³/mol. The first-order valence-corrected chi connectivity index (χ1v) is 14.0. The Balaban J connectivity index is 1.24. The van der Waals surface area contributed by atoms with Crippen molar-refractivity contribution < 1.29 is 27.5 Å². The SMILES string of the molecule is CC1CN(S(=O)(=O)c2ccc(C(=O)OC(C)C(=O)C34CC5CC(CC(C5)C3)C4)cc2)CC(C)O1. The molecule has 1 aromatic rings. The van der Waals surface area contributed by atoms with Crippen LogP contribution in [0.1, 0.15) is 69.7 Å².